The van der Waals surface area contributed by atoms with Crippen molar-refractivity contribution in [2.24, 2.45) is 0 Å². The topological polar surface area (TPSA) is 139 Å². The van der Waals surface area contributed by atoms with Gasteiger partial charge in [0.1, 0.15) is 0 Å². The van der Waals surface area contributed by atoms with Crippen LogP contribution < -0.4 is 42.8 Å². The van der Waals surface area contributed by atoms with Crippen LogP contribution in [-0.2, 0) is 9.59 Å². The van der Waals surface area contributed by atoms with Crippen molar-refractivity contribution in [2.45, 2.75) is 0 Å². The van der Waals surface area contributed by atoms with Gasteiger partial charge in [0.25, 0.3) is 0 Å². The van der Waals surface area contributed by atoms with Gasteiger partial charge in [0.2, 0.25) is 0 Å². The Hall–Kier alpha value is 0.0548. The molecule has 0 aromatic carbocycles. The molecular weight excluding hydrogens is 134 g/mol. The summed E-state index contributed by atoms with van der Waals surface area (Å²) in [5, 5.41) is 16.3. The SMILES string of the molecule is O.O=C([O-])C(=O)O.[Li+].[Li+].[OH-]. The quantitative estimate of drug-likeness (QED) is 0.261. The fourth-order valence-corrected chi connectivity index (χ4v) is 0. The largest absolute Gasteiger partial charge is 1.00 e. The van der Waals surface area contributed by atoms with Crippen molar-refractivity contribution >= 4 is 11.9 Å². The molecule has 10 heavy (non-hydrogen) atoms. The van der Waals surface area contributed by atoms with Crippen molar-refractivity contribution in [1.29, 1.82) is 0 Å². The molecular formula is C2H4Li2O6. The average molecular weight is 138 g/mol. The zero-order chi connectivity index (χ0) is 5.15. The summed E-state index contributed by atoms with van der Waals surface area (Å²) in [5.74, 6) is -4.01. The van der Waals surface area contributed by atoms with Gasteiger partial charge in [-0.25, -0.2) is 4.79 Å². The van der Waals surface area contributed by atoms with E-state index in [0.717, 1.165) is 0 Å². The molecule has 0 amide bonds. The second kappa shape index (κ2) is 16.0. The van der Waals surface area contributed by atoms with Crippen LogP contribution in [0.4, 0.5) is 0 Å². The number of carbonyl (C=O) groups is 2. The zero-order valence-corrected chi connectivity index (χ0v) is 5.62. The predicted octanol–water partition coefficient (Wildman–Crippen LogP) is -9.17. The fraction of sp³-hybridized carbons (Fsp3) is 0. The first-order chi connectivity index (χ1) is 2.64. The van der Waals surface area contributed by atoms with Gasteiger partial charge in [-0.1, -0.05) is 0 Å². The van der Waals surface area contributed by atoms with Gasteiger partial charge in [-0.3, -0.25) is 0 Å². The maximum Gasteiger partial charge on any atom is 1.00 e. The summed E-state index contributed by atoms with van der Waals surface area (Å²) in [4.78, 5) is 18.0. The van der Waals surface area contributed by atoms with E-state index in [1.54, 1.807) is 0 Å². The molecule has 0 aliphatic carbocycles. The molecule has 0 bridgehead atoms. The van der Waals surface area contributed by atoms with Gasteiger partial charge in [-0.15, -0.1) is 0 Å². The first kappa shape index (κ1) is 32.3. The first-order valence-electron chi connectivity index (χ1n) is 1.09. The van der Waals surface area contributed by atoms with Crippen molar-refractivity contribution in [3.63, 3.8) is 0 Å². The Kier molecular flexibility index (Phi) is 51.7. The minimum Gasteiger partial charge on any atom is -0.870 e. The predicted molar refractivity (Wildman–Crippen MR) is 18.2 cm³/mol. The maximum absolute atomic E-state index is 9.04. The minimum atomic E-state index is -2.07. The van der Waals surface area contributed by atoms with Crippen LogP contribution in [0, 0.1) is 0 Å². The molecule has 0 heterocycles. The molecule has 0 unspecified atom stereocenters. The van der Waals surface area contributed by atoms with E-state index in [9.17, 15) is 0 Å². The Labute approximate surface area is 80.6 Å². The molecule has 0 aliphatic heterocycles. The molecule has 0 rings (SSSR count). The number of hydrogen-bond donors (Lipinski definition) is 1. The van der Waals surface area contributed by atoms with Crippen molar-refractivity contribution < 1.29 is 68.5 Å². The summed E-state index contributed by atoms with van der Waals surface area (Å²) in [6.45, 7) is 0. The van der Waals surface area contributed by atoms with Crippen LogP contribution in [0.2, 0.25) is 0 Å². The number of rotatable bonds is 0. The molecule has 6 nitrogen and oxygen atoms in total. The van der Waals surface area contributed by atoms with E-state index in [0.29, 0.717) is 0 Å². The second-order valence-electron chi connectivity index (χ2n) is 0.593. The zero-order valence-electron chi connectivity index (χ0n) is 5.62. The third-order valence-corrected chi connectivity index (χ3v) is 0.175. The summed E-state index contributed by atoms with van der Waals surface area (Å²) >= 11 is 0. The van der Waals surface area contributed by atoms with Crippen molar-refractivity contribution in [3.05, 3.63) is 0 Å². The molecule has 0 atom stereocenters. The van der Waals surface area contributed by atoms with Gasteiger partial charge >= 0.3 is 43.7 Å². The van der Waals surface area contributed by atoms with Crippen LogP contribution in [0.25, 0.3) is 0 Å². The summed E-state index contributed by atoms with van der Waals surface area (Å²) < 4.78 is 0. The van der Waals surface area contributed by atoms with E-state index < -0.39 is 11.9 Å². The molecule has 0 aliphatic rings. The molecule has 0 fully saturated rings. The number of hydrogen-bond acceptors (Lipinski definition) is 4. The summed E-state index contributed by atoms with van der Waals surface area (Å²) in [6.07, 6.45) is 0. The van der Waals surface area contributed by atoms with Gasteiger partial charge in [0, 0.05) is 0 Å². The third kappa shape index (κ3) is 24.4. The Bertz CT molecular complexity index is 79.7. The van der Waals surface area contributed by atoms with E-state index >= 15 is 0 Å². The number of carbonyl (C=O) groups excluding carboxylic acids is 1. The summed E-state index contributed by atoms with van der Waals surface area (Å²) in [6, 6.07) is 0. The summed E-state index contributed by atoms with van der Waals surface area (Å²) in [5.41, 5.74) is 0. The Morgan fingerprint density at radius 1 is 1.20 bits per heavy atom. The molecule has 0 aromatic rings. The van der Waals surface area contributed by atoms with Crippen LogP contribution in [0.5, 0.6) is 0 Å². The van der Waals surface area contributed by atoms with E-state index in [-0.39, 0.29) is 48.7 Å². The van der Waals surface area contributed by atoms with Gasteiger partial charge in [-0.2, -0.15) is 0 Å². The first-order valence-corrected chi connectivity index (χ1v) is 1.09. The number of aliphatic carboxylic acids is 2. The van der Waals surface area contributed by atoms with Crippen LogP contribution >= 0.6 is 0 Å². The van der Waals surface area contributed by atoms with E-state index in [4.69, 9.17) is 19.8 Å². The average Bonchev–Trinajstić information content (AvgIpc) is 1.36. The standard InChI is InChI=1S/C2H2O4.2Li.2H2O/c3-1(4)2(5)6;;;;/h(H,3,4)(H,5,6);;;2*1H2/q;2*+1;;/p-2. The van der Waals surface area contributed by atoms with Crippen molar-refractivity contribution in [2.75, 3.05) is 0 Å². The molecule has 0 radical (unpaired) electrons. The number of carboxylic acid groups (broad SMARTS) is 2. The monoisotopic (exact) mass is 138 g/mol. The molecule has 0 aromatic heterocycles. The molecule has 4 N–H and O–H groups in total. The Balaban J connectivity index is -0.0000000208. The van der Waals surface area contributed by atoms with Crippen molar-refractivity contribution in [3.8, 4) is 0 Å². The molecule has 0 spiro atoms. The van der Waals surface area contributed by atoms with E-state index in [1.807, 2.05) is 0 Å². The van der Waals surface area contributed by atoms with E-state index in [1.165, 1.54) is 0 Å². The maximum atomic E-state index is 9.04. The smallest absolute Gasteiger partial charge is 0.870 e. The van der Waals surface area contributed by atoms with Crippen LogP contribution in [0.1, 0.15) is 0 Å². The van der Waals surface area contributed by atoms with E-state index in [2.05, 4.69) is 0 Å². The molecule has 0 saturated carbocycles. The van der Waals surface area contributed by atoms with Gasteiger partial charge in [0.05, 0.1) is 0 Å². The van der Waals surface area contributed by atoms with Crippen LogP contribution in [0.15, 0.2) is 0 Å². The Morgan fingerprint density at radius 3 is 1.30 bits per heavy atom. The summed E-state index contributed by atoms with van der Waals surface area (Å²) in [7, 11) is 0. The van der Waals surface area contributed by atoms with Crippen LogP contribution in [0.3, 0.4) is 0 Å². The minimum absolute atomic E-state index is 0. The van der Waals surface area contributed by atoms with Crippen LogP contribution in [-0.4, -0.2) is 28.0 Å². The van der Waals surface area contributed by atoms with Gasteiger partial charge < -0.3 is 26.0 Å². The third-order valence-electron chi connectivity index (χ3n) is 0.175. The molecule has 0 saturated heterocycles. The van der Waals surface area contributed by atoms with Gasteiger partial charge in [-0.05, 0) is 0 Å². The number of carboxylic acids is 2. The van der Waals surface area contributed by atoms with Crippen molar-refractivity contribution in [1.82, 2.24) is 0 Å². The second-order valence-corrected chi connectivity index (χ2v) is 0.593. The van der Waals surface area contributed by atoms with Gasteiger partial charge in [0.15, 0.2) is 5.97 Å². The fourth-order valence-electron chi connectivity index (χ4n) is 0. The normalized spacial score (nSPS) is 4.40. The molecule has 50 valence electrons. The Morgan fingerprint density at radius 2 is 1.30 bits per heavy atom. The molecule has 8 heteroatoms.